The Hall–Kier alpha value is -1.38. The maximum atomic E-state index is 5.77. The van der Waals surface area contributed by atoms with Crippen molar-refractivity contribution in [3.05, 3.63) is 54.1 Å². The number of hydrogen-bond acceptors (Lipinski definition) is 2. The van der Waals surface area contributed by atoms with Crippen LogP contribution in [0.25, 0.3) is 5.57 Å². The van der Waals surface area contributed by atoms with E-state index in [1.54, 1.807) is 14.2 Å². The SMILES string of the molecule is COC1(OC)C(c2ccccc2)=CC=CC1(C)C. The number of methoxy groups -OCH3 is 2. The molecule has 0 aromatic heterocycles. The van der Waals surface area contributed by atoms with Gasteiger partial charge in [-0.3, -0.25) is 0 Å². The van der Waals surface area contributed by atoms with Crippen molar-refractivity contribution >= 4 is 5.57 Å². The van der Waals surface area contributed by atoms with Crippen molar-refractivity contribution in [2.75, 3.05) is 14.2 Å². The second kappa shape index (κ2) is 4.71. The summed E-state index contributed by atoms with van der Waals surface area (Å²) in [5.74, 6) is -0.747. The molecule has 1 aromatic rings. The van der Waals surface area contributed by atoms with Crippen LogP contribution in [-0.2, 0) is 9.47 Å². The first-order valence-electron chi connectivity index (χ1n) is 6.13. The van der Waals surface area contributed by atoms with E-state index in [2.05, 4.69) is 44.2 Å². The van der Waals surface area contributed by atoms with Gasteiger partial charge in [-0.05, 0) is 5.56 Å². The minimum absolute atomic E-state index is 0.226. The molecule has 0 saturated heterocycles. The molecule has 0 unspecified atom stereocenters. The molecule has 18 heavy (non-hydrogen) atoms. The minimum Gasteiger partial charge on any atom is -0.349 e. The molecule has 96 valence electrons. The number of hydrogen-bond donors (Lipinski definition) is 0. The van der Waals surface area contributed by atoms with Gasteiger partial charge in [0.05, 0.1) is 0 Å². The molecule has 1 aromatic carbocycles. The molecule has 2 rings (SSSR count). The molecule has 2 heteroatoms. The van der Waals surface area contributed by atoms with Crippen LogP contribution in [0.4, 0.5) is 0 Å². The predicted octanol–water partition coefficient (Wildman–Crippen LogP) is 3.66. The molecule has 0 amide bonds. The van der Waals surface area contributed by atoms with Gasteiger partial charge in [0.1, 0.15) is 0 Å². The van der Waals surface area contributed by atoms with Gasteiger partial charge < -0.3 is 9.47 Å². The third-order valence-corrected chi connectivity index (χ3v) is 3.64. The van der Waals surface area contributed by atoms with E-state index in [9.17, 15) is 0 Å². The van der Waals surface area contributed by atoms with Crippen molar-refractivity contribution in [1.29, 1.82) is 0 Å². The summed E-state index contributed by atoms with van der Waals surface area (Å²) in [6.07, 6.45) is 6.25. The van der Waals surface area contributed by atoms with Gasteiger partial charge in [-0.1, -0.05) is 62.4 Å². The molecular formula is C16H20O2. The zero-order chi connectivity index (χ0) is 13.2. The van der Waals surface area contributed by atoms with E-state index in [1.807, 2.05) is 18.2 Å². The van der Waals surface area contributed by atoms with Gasteiger partial charge >= 0.3 is 0 Å². The van der Waals surface area contributed by atoms with E-state index in [1.165, 1.54) is 0 Å². The zero-order valence-corrected chi connectivity index (χ0v) is 11.4. The summed E-state index contributed by atoms with van der Waals surface area (Å²) in [5.41, 5.74) is 1.95. The Labute approximate surface area is 109 Å². The minimum atomic E-state index is -0.747. The number of benzene rings is 1. The lowest BCUT2D eigenvalue weighted by molar-refractivity contribution is -0.212. The lowest BCUT2D eigenvalue weighted by Gasteiger charge is -2.46. The van der Waals surface area contributed by atoms with Crippen LogP contribution >= 0.6 is 0 Å². The van der Waals surface area contributed by atoms with Gasteiger partial charge in [-0.25, -0.2) is 0 Å². The van der Waals surface area contributed by atoms with Crippen molar-refractivity contribution in [1.82, 2.24) is 0 Å². The summed E-state index contributed by atoms with van der Waals surface area (Å²) < 4.78 is 11.5. The Bertz CT molecular complexity index is 465. The van der Waals surface area contributed by atoms with Gasteiger partial charge in [0.15, 0.2) is 0 Å². The summed E-state index contributed by atoms with van der Waals surface area (Å²) in [6, 6.07) is 10.2. The molecule has 0 spiro atoms. The molecule has 0 saturated carbocycles. The Morgan fingerprint density at radius 1 is 0.944 bits per heavy atom. The van der Waals surface area contributed by atoms with Crippen LogP contribution in [-0.4, -0.2) is 20.0 Å². The highest BCUT2D eigenvalue weighted by Crippen LogP contribution is 2.47. The van der Waals surface area contributed by atoms with Crippen molar-refractivity contribution in [3.8, 4) is 0 Å². The first-order valence-corrected chi connectivity index (χ1v) is 6.13. The predicted molar refractivity (Wildman–Crippen MR) is 74.1 cm³/mol. The van der Waals surface area contributed by atoms with E-state index in [0.717, 1.165) is 11.1 Å². The van der Waals surface area contributed by atoms with Crippen molar-refractivity contribution in [2.24, 2.45) is 5.41 Å². The maximum Gasteiger partial charge on any atom is 0.203 e. The quantitative estimate of drug-likeness (QED) is 0.755. The highest BCUT2D eigenvalue weighted by atomic mass is 16.7. The Balaban J connectivity index is 2.57. The fraction of sp³-hybridized carbons (Fsp3) is 0.375. The number of rotatable bonds is 3. The van der Waals surface area contributed by atoms with Crippen molar-refractivity contribution < 1.29 is 9.47 Å². The number of ether oxygens (including phenoxy) is 2. The average Bonchev–Trinajstić information content (AvgIpc) is 2.39. The van der Waals surface area contributed by atoms with Gasteiger partial charge in [0, 0.05) is 25.2 Å². The molecule has 0 bridgehead atoms. The molecule has 0 aliphatic heterocycles. The third-order valence-electron chi connectivity index (χ3n) is 3.64. The summed E-state index contributed by atoms with van der Waals surface area (Å²) in [7, 11) is 3.39. The van der Waals surface area contributed by atoms with Crippen LogP contribution in [0, 0.1) is 5.41 Å². The molecule has 2 nitrogen and oxygen atoms in total. The molecular weight excluding hydrogens is 224 g/mol. The highest BCUT2D eigenvalue weighted by molar-refractivity contribution is 5.75. The molecule has 1 aliphatic carbocycles. The van der Waals surface area contributed by atoms with Crippen LogP contribution in [0.15, 0.2) is 48.6 Å². The smallest absolute Gasteiger partial charge is 0.203 e. The molecule has 0 fully saturated rings. The van der Waals surface area contributed by atoms with Crippen LogP contribution in [0.3, 0.4) is 0 Å². The maximum absolute atomic E-state index is 5.77. The molecule has 0 radical (unpaired) electrons. The van der Waals surface area contributed by atoms with E-state index < -0.39 is 5.79 Å². The average molecular weight is 244 g/mol. The zero-order valence-electron chi connectivity index (χ0n) is 11.4. The van der Waals surface area contributed by atoms with E-state index in [0.29, 0.717) is 0 Å². The molecule has 0 atom stereocenters. The van der Waals surface area contributed by atoms with E-state index in [-0.39, 0.29) is 5.41 Å². The third kappa shape index (κ3) is 1.82. The highest BCUT2D eigenvalue weighted by Gasteiger charge is 2.49. The van der Waals surface area contributed by atoms with E-state index in [4.69, 9.17) is 9.47 Å². The lowest BCUT2D eigenvalue weighted by Crippen LogP contribution is -2.49. The number of allylic oxidation sites excluding steroid dienone is 2. The second-order valence-electron chi connectivity index (χ2n) is 5.05. The van der Waals surface area contributed by atoms with Gasteiger partial charge in [-0.15, -0.1) is 0 Å². The van der Waals surface area contributed by atoms with Crippen LogP contribution in [0.1, 0.15) is 19.4 Å². The first-order chi connectivity index (χ1) is 8.57. The Morgan fingerprint density at radius 3 is 2.11 bits per heavy atom. The summed E-state index contributed by atoms with van der Waals surface area (Å²) in [4.78, 5) is 0. The fourth-order valence-electron chi connectivity index (χ4n) is 2.68. The molecule has 0 heterocycles. The summed E-state index contributed by atoms with van der Waals surface area (Å²) in [5, 5.41) is 0. The first kappa shape index (κ1) is 13.1. The Kier molecular flexibility index (Phi) is 3.42. The largest absolute Gasteiger partial charge is 0.349 e. The van der Waals surface area contributed by atoms with Gasteiger partial charge in [-0.2, -0.15) is 0 Å². The van der Waals surface area contributed by atoms with Gasteiger partial charge in [0.25, 0.3) is 0 Å². The lowest BCUT2D eigenvalue weighted by atomic mass is 9.73. The topological polar surface area (TPSA) is 18.5 Å². The van der Waals surface area contributed by atoms with E-state index >= 15 is 0 Å². The van der Waals surface area contributed by atoms with Crippen LogP contribution in [0.2, 0.25) is 0 Å². The monoisotopic (exact) mass is 244 g/mol. The second-order valence-corrected chi connectivity index (χ2v) is 5.05. The van der Waals surface area contributed by atoms with Crippen LogP contribution < -0.4 is 0 Å². The fourth-order valence-corrected chi connectivity index (χ4v) is 2.68. The van der Waals surface area contributed by atoms with Crippen molar-refractivity contribution in [3.63, 3.8) is 0 Å². The Morgan fingerprint density at radius 2 is 1.56 bits per heavy atom. The van der Waals surface area contributed by atoms with Crippen LogP contribution in [0.5, 0.6) is 0 Å². The summed E-state index contributed by atoms with van der Waals surface area (Å²) in [6.45, 7) is 4.24. The van der Waals surface area contributed by atoms with Crippen molar-refractivity contribution in [2.45, 2.75) is 19.6 Å². The van der Waals surface area contributed by atoms with Gasteiger partial charge in [0.2, 0.25) is 5.79 Å². The molecule has 1 aliphatic rings. The standard InChI is InChI=1S/C16H20O2/c1-15(2)12-8-11-14(16(15,17-3)18-4)13-9-6-5-7-10-13/h5-12H,1-4H3. The summed E-state index contributed by atoms with van der Waals surface area (Å²) >= 11 is 0. The molecule has 0 N–H and O–H groups in total. The normalized spacial score (nSPS) is 20.6.